The fraction of sp³-hybridized carbons (Fsp3) is 0.625. The lowest BCUT2D eigenvalue weighted by molar-refractivity contribution is -0.714. The van der Waals surface area contributed by atoms with Gasteiger partial charge in [-0.15, -0.1) is 0 Å². The Hall–Kier alpha value is -1.77. The van der Waals surface area contributed by atoms with E-state index in [-0.39, 0.29) is 5.41 Å². The standard InChI is InChI=1S/C24H39N2O/c1-9-20-14-21(16-22(15-20)27-8)10-11-25-12-13-26(19(25)2)18-24(6,7)17-23(3,4)5/h12-16H,9-11,17-18H2,1-8H3/q+1. The largest absolute Gasteiger partial charge is 0.497 e. The maximum atomic E-state index is 5.46. The number of imidazole rings is 1. The summed E-state index contributed by atoms with van der Waals surface area (Å²) in [5.74, 6) is 2.29. The molecule has 1 aromatic carbocycles. The fourth-order valence-corrected chi connectivity index (χ4v) is 4.34. The molecular formula is C24H39N2O+. The number of benzene rings is 1. The lowest BCUT2D eigenvalue weighted by Crippen LogP contribution is -2.43. The lowest BCUT2D eigenvalue weighted by atomic mass is 9.76. The van der Waals surface area contributed by atoms with Gasteiger partial charge in [-0.05, 0) is 41.5 Å². The minimum Gasteiger partial charge on any atom is -0.497 e. The molecule has 0 saturated heterocycles. The highest BCUT2D eigenvalue weighted by Gasteiger charge is 2.29. The smallest absolute Gasteiger partial charge is 0.253 e. The van der Waals surface area contributed by atoms with E-state index in [9.17, 15) is 0 Å². The van der Waals surface area contributed by atoms with Gasteiger partial charge in [0.05, 0.1) is 20.2 Å². The molecule has 3 nitrogen and oxygen atoms in total. The molecule has 150 valence electrons. The maximum absolute atomic E-state index is 5.46. The van der Waals surface area contributed by atoms with Crippen LogP contribution in [0.5, 0.6) is 5.75 Å². The monoisotopic (exact) mass is 371 g/mol. The van der Waals surface area contributed by atoms with Crippen molar-refractivity contribution in [3.8, 4) is 5.75 Å². The van der Waals surface area contributed by atoms with Gasteiger partial charge in [0.15, 0.2) is 0 Å². The fourth-order valence-electron chi connectivity index (χ4n) is 4.34. The second kappa shape index (κ2) is 8.50. The van der Waals surface area contributed by atoms with Crippen LogP contribution in [0.4, 0.5) is 0 Å². The van der Waals surface area contributed by atoms with Crippen molar-refractivity contribution in [1.29, 1.82) is 0 Å². The van der Waals surface area contributed by atoms with Gasteiger partial charge < -0.3 is 4.74 Å². The summed E-state index contributed by atoms with van der Waals surface area (Å²) in [4.78, 5) is 0. The van der Waals surface area contributed by atoms with Crippen LogP contribution in [-0.2, 0) is 25.9 Å². The van der Waals surface area contributed by atoms with Crippen molar-refractivity contribution in [2.75, 3.05) is 7.11 Å². The minimum atomic E-state index is 0.280. The van der Waals surface area contributed by atoms with Crippen LogP contribution >= 0.6 is 0 Å². The maximum Gasteiger partial charge on any atom is 0.253 e. The average Bonchev–Trinajstić information content (AvgIpc) is 2.89. The molecule has 0 aliphatic heterocycles. The first kappa shape index (κ1) is 21.5. The quantitative estimate of drug-likeness (QED) is 0.571. The van der Waals surface area contributed by atoms with Crippen LogP contribution in [0.2, 0.25) is 0 Å². The molecular weight excluding hydrogens is 332 g/mol. The van der Waals surface area contributed by atoms with E-state index in [1.54, 1.807) is 7.11 Å². The Balaban J connectivity index is 2.07. The first-order valence-corrected chi connectivity index (χ1v) is 10.2. The minimum absolute atomic E-state index is 0.280. The summed E-state index contributed by atoms with van der Waals surface area (Å²) in [6.07, 6.45) is 7.73. The van der Waals surface area contributed by atoms with Crippen molar-refractivity contribution in [1.82, 2.24) is 4.57 Å². The van der Waals surface area contributed by atoms with E-state index >= 15 is 0 Å². The molecule has 0 fully saturated rings. The average molecular weight is 372 g/mol. The highest BCUT2D eigenvalue weighted by Crippen LogP contribution is 2.33. The van der Waals surface area contributed by atoms with Gasteiger partial charge in [0.2, 0.25) is 0 Å². The number of nitrogens with zero attached hydrogens (tertiary/aromatic N) is 2. The molecule has 0 aliphatic rings. The van der Waals surface area contributed by atoms with Gasteiger partial charge in [-0.25, -0.2) is 9.13 Å². The summed E-state index contributed by atoms with van der Waals surface area (Å²) in [5.41, 5.74) is 3.32. The predicted octanol–water partition coefficient (Wildman–Crippen LogP) is 5.36. The Labute approximate surface area is 166 Å². The van der Waals surface area contributed by atoms with Crippen LogP contribution in [0, 0.1) is 17.8 Å². The van der Waals surface area contributed by atoms with Gasteiger partial charge in [0.1, 0.15) is 18.1 Å². The molecule has 0 unspecified atom stereocenters. The molecule has 0 N–H and O–H groups in total. The Morgan fingerprint density at radius 1 is 1.04 bits per heavy atom. The van der Waals surface area contributed by atoms with Crippen LogP contribution in [0.15, 0.2) is 30.6 Å². The highest BCUT2D eigenvalue weighted by molar-refractivity contribution is 5.34. The topological polar surface area (TPSA) is 18.0 Å². The number of hydrogen-bond acceptors (Lipinski definition) is 1. The summed E-state index contributed by atoms with van der Waals surface area (Å²) < 4.78 is 10.2. The molecule has 0 atom stereocenters. The third-order valence-electron chi connectivity index (χ3n) is 5.18. The van der Waals surface area contributed by atoms with Gasteiger partial charge in [0.25, 0.3) is 5.82 Å². The van der Waals surface area contributed by atoms with Gasteiger partial charge in [-0.1, -0.05) is 47.6 Å². The van der Waals surface area contributed by atoms with Crippen LogP contribution in [0.3, 0.4) is 0 Å². The van der Waals surface area contributed by atoms with Crippen molar-refractivity contribution in [2.45, 2.75) is 80.8 Å². The molecule has 27 heavy (non-hydrogen) atoms. The summed E-state index contributed by atoms with van der Waals surface area (Å²) in [5, 5.41) is 0. The molecule has 1 aromatic heterocycles. The summed E-state index contributed by atoms with van der Waals surface area (Å²) >= 11 is 0. The van der Waals surface area contributed by atoms with E-state index < -0.39 is 0 Å². The molecule has 0 amide bonds. The van der Waals surface area contributed by atoms with Crippen molar-refractivity contribution in [3.63, 3.8) is 0 Å². The Kier molecular flexibility index (Phi) is 6.77. The number of ether oxygens (including phenoxy) is 1. The molecule has 0 aliphatic carbocycles. The second-order valence-electron chi connectivity index (χ2n) is 9.86. The number of rotatable bonds is 8. The van der Waals surface area contributed by atoms with Crippen molar-refractivity contribution in [2.24, 2.45) is 10.8 Å². The van der Waals surface area contributed by atoms with Gasteiger partial charge in [0, 0.05) is 18.8 Å². The van der Waals surface area contributed by atoms with Gasteiger partial charge >= 0.3 is 0 Å². The van der Waals surface area contributed by atoms with Crippen LogP contribution in [-0.4, -0.2) is 11.7 Å². The van der Waals surface area contributed by atoms with Crippen LogP contribution in [0.1, 0.15) is 64.9 Å². The Morgan fingerprint density at radius 3 is 2.30 bits per heavy atom. The van der Waals surface area contributed by atoms with Crippen molar-refractivity contribution < 1.29 is 9.30 Å². The van der Waals surface area contributed by atoms with E-state index in [1.807, 2.05) is 0 Å². The van der Waals surface area contributed by atoms with E-state index in [0.29, 0.717) is 5.41 Å². The highest BCUT2D eigenvalue weighted by atomic mass is 16.5. The zero-order chi connectivity index (χ0) is 20.2. The summed E-state index contributed by atoms with van der Waals surface area (Å²) in [6, 6.07) is 6.61. The third-order valence-corrected chi connectivity index (χ3v) is 5.18. The van der Waals surface area contributed by atoms with Gasteiger partial charge in [-0.2, -0.15) is 0 Å². The molecule has 0 saturated carbocycles. The van der Waals surface area contributed by atoms with Crippen molar-refractivity contribution >= 4 is 0 Å². The molecule has 2 aromatic rings. The SMILES string of the molecule is CCc1cc(CCn2cc[n+](CC(C)(C)CC(C)(C)C)c2C)cc(OC)c1. The summed E-state index contributed by atoms with van der Waals surface area (Å²) in [7, 11) is 1.75. The third kappa shape index (κ3) is 6.41. The molecule has 1 heterocycles. The Bertz CT molecular complexity index is 728. The molecule has 2 rings (SSSR count). The lowest BCUT2D eigenvalue weighted by Gasteiger charge is -2.31. The first-order chi connectivity index (χ1) is 12.5. The van der Waals surface area contributed by atoms with Crippen molar-refractivity contribution in [3.05, 3.63) is 47.5 Å². The molecule has 0 radical (unpaired) electrons. The zero-order valence-corrected chi connectivity index (χ0v) is 18.7. The number of aromatic nitrogens is 2. The number of hydrogen-bond donors (Lipinski definition) is 0. The molecule has 0 spiro atoms. The normalized spacial score (nSPS) is 12.4. The second-order valence-corrected chi connectivity index (χ2v) is 9.86. The summed E-state index contributed by atoms with van der Waals surface area (Å²) in [6.45, 7) is 18.2. The Morgan fingerprint density at radius 2 is 1.70 bits per heavy atom. The van der Waals surface area contributed by atoms with Gasteiger partial charge in [-0.3, -0.25) is 0 Å². The molecule has 0 bridgehead atoms. The van der Waals surface area contributed by atoms with E-state index in [0.717, 1.165) is 31.7 Å². The predicted molar refractivity (Wildman–Crippen MR) is 113 cm³/mol. The number of methoxy groups -OCH3 is 1. The number of aryl methyl sites for hydroxylation is 3. The van der Waals surface area contributed by atoms with Crippen LogP contribution in [0.25, 0.3) is 0 Å². The zero-order valence-electron chi connectivity index (χ0n) is 18.7. The van der Waals surface area contributed by atoms with E-state index in [4.69, 9.17) is 4.74 Å². The van der Waals surface area contributed by atoms with E-state index in [1.165, 1.54) is 23.4 Å². The van der Waals surface area contributed by atoms with E-state index in [2.05, 4.69) is 88.2 Å². The van der Waals surface area contributed by atoms with Crippen LogP contribution < -0.4 is 9.30 Å². The molecule has 3 heteroatoms. The first-order valence-electron chi connectivity index (χ1n) is 10.2.